The number of carbonyl (C=O) groups excluding carboxylic acids is 1. The number of halogens is 1. The van der Waals surface area contributed by atoms with Crippen molar-refractivity contribution in [1.82, 2.24) is 9.88 Å². The second-order valence-corrected chi connectivity index (χ2v) is 6.82. The Morgan fingerprint density at radius 3 is 2.81 bits per heavy atom. The number of ether oxygens (including phenoxy) is 1. The lowest BCUT2D eigenvalue weighted by Gasteiger charge is -2.22. The minimum absolute atomic E-state index is 0.143. The summed E-state index contributed by atoms with van der Waals surface area (Å²) >= 11 is 5.87. The van der Waals surface area contributed by atoms with Gasteiger partial charge in [-0.2, -0.15) is 0 Å². The molecule has 132 valence electrons. The van der Waals surface area contributed by atoms with E-state index in [1.807, 2.05) is 35.8 Å². The zero-order chi connectivity index (χ0) is 18.3. The molecule has 5 nitrogen and oxygen atoms in total. The van der Waals surface area contributed by atoms with Crippen LogP contribution in [0.2, 0.25) is 5.02 Å². The molecule has 3 aromatic rings. The van der Waals surface area contributed by atoms with Crippen molar-refractivity contribution in [3.63, 3.8) is 0 Å². The van der Waals surface area contributed by atoms with Gasteiger partial charge in [0.15, 0.2) is 0 Å². The highest BCUT2D eigenvalue weighted by Gasteiger charge is 2.20. The van der Waals surface area contributed by atoms with Crippen LogP contribution in [0.25, 0.3) is 10.9 Å². The van der Waals surface area contributed by atoms with E-state index in [4.69, 9.17) is 16.3 Å². The van der Waals surface area contributed by atoms with Gasteiger partial charge in [0.1, 0.15) is 17.9 Å². The summed E-state index contributed by atoms with van der Waals surface area (Å²) in [5.74, 6) is 0.307. The van der Waals surface area contributed by atoms with Crippen molar-refractivity contribution in [1.29, 1.82) is 0 Å². The van der Waals surface area contributed by atoms with E-state index in [0.717, 1.165) is 16.6 Å². The fourth-order valence-corrected chi connectivity index (χ4v) is 3.35. The van der Waals surface area contributed by atoms with Crippen LogP contribution in [0.1, 0.15) is 21.5 Å². The molecule has 1 aromatic heterocycles. The van der Waals surface area contributed by atoms with E-state index in [-0.39, 0.29) is 16.9 Å². The van der Waals surface area contributed by atoms with E-state index >= 15 is 0 Å². The Morgan fingerprint density at radius 2 is 2.04 bits per heavy atom. The molecular formula is C20H17ClN2O3. The van der Waals surface area contributed by atoms with Crippen molar-refractivity contribution in [2.75, 3.05) is 6.61 Å². The van der Waals surface area contributed by atoms with E-state index in [9.17, 15) is 9.59 Å². The maximum Gasteiger partial charge on any atom is 0.257 e. The van der Waals surface area contributed by atoms with Gasteiger partial charge in [-0.05, 0) is 42.3 Å². The summed E-state index contributed by atoms with van der Waals surface area (Å²) in [5, 5.41) is 3.96. The second kappa shape index (κ2) is 6.50. The Hall–Kier alpha value is -2.79. The predicted octanol–water partition coefficient (Wildman–Crippen LogP) is 3.29. The van der Waals surface area contributed by atoms with Gasteiger partial charge in [0.05, 0.1) is 17.4 Å². The van der Waals surface area contributed by atoms with Crippen molar-refractivity contribution in [3.8, 4) is 5.75 Å². The minimum atomic E-state index is -0.384. The van der Waals surface area contributed by atoms with Gasteiger partial charge in [0.2, 0.25) is 5.43 Å². The smallest absolute Gasteiger partial charge is 0.257 e. The third-order valence-electron chi connectivity index (χ3n) is 4.48. The number of nitrogens with one attached hydrogen (secondary N) is 1. The highest BCUT2D eigenvalue weighted by atomic mass is 35.5. The Morgan fingerprint density at radius 1 is 1.27 bits per heavy atom. The van der Waals surface area contributed by atoms with Crippen molar-refractivity contribution in [2.45, 2.75) is 20.0 Å². The number of hydrogen-bond acceptors (Lipinski definition) is 3. The average molecular weight is 369 g/mol. The SMILES string of the molecule is Cc1cc2c3c(c1)c(=O)c(C(=O)NCc1ccc(Cl)cc1)cn3CCO2. The molecule has 1 amide bonds. The van der Waals surface area contributed by atoms with Gasteiger partial charge in [0.25, 0.3) is 5.91 Å². The summed E-state index contributed by atoms with van der Waals surface area (Å²) in [6.07, 6.45) is 1.63. The number of nitrogens with zero attached hydrogens (tertiary/aromatic N) is 1. The standard InChI is InChI=1S/C20H17ClN2O3/c1-12-8-15-18-17(9-12)26-7-6-23(18)11-16(19(15)24)20(25)22-10-13-2-4-14(21)5-3-13/h2-5,8-9,11H,6-7,10H2,1H3,(H,22,25). The molecule has 26 heavy (non-hydrogen) atoms. The molecule has 2 aromatic carbocycles. The molecule has 1 aliphatic heterocycles. The summed E-state index contributed by atoms with van der Waals surface area (Å²) in [7, 11) is 0. The van der Waals surface area contributed by atoms with Crippen molar-refractivity contribution in [3.05, 3.63) is 74.5 Å². The Kier molecular flexibility index (Phi) is 4.17. The summed E-state index contributed by atoms with van der Waals surface area (Å²) in [5.41, 5.74) is 2.46. The molecule has 1 aliphatic rings. The van der Waals surface area contributed by atoms with Crippen LogP contribution in [0.5, 0.6) is 5.75 Å². The molecule has 0 aliphatic carbocycles. The first-order valence-electron chi connectivity index (χ1n) is 8.36. The molecule has 0 radical (unpaired) electrons. The van der Waals surface area contributed by atoms with Gasteiger partial charge in [0, 0.05) is 17.8 Å². The quantitative estimate of drug-likeness (QED) is 0.771. The summed E-state index contributed by atoms with van der Waals surface area (Å²) < 4.78 is 7.60. The highest BCUT2D eigenvalue weighted by molar-refractivity contribution is 6.30. The molecule has 4 rings (SSSR count). The lowest BCUT2D eigenvalue weighted by Crippen LogP contribution is -2.30. The number of aryl methyl sites for hydroxylation is 1. The molecule has 0 unspecified atom stereocenters. The number of pyridine rings is 1. The molecule has 0 bridgehead atoms. The zero-order valence-electron chi connectivity index (χ0n) is 14.2. The molecule has 2 heterocycles. The number of carbonyl (C=O) groups is 1. The molecule has 0 fully saturated rings. The molecule has 0 saturated carbocycles. The first-order valence-corrected chi connectivity index (χ1v) is 8.74. The van der Waals surface area contributed by atoms with Crippen LogP contribution >= 0.6 is 11.6 Å². The fraction of sp³-hybridized carbons (Fsp3) is 0.200. The lowest BCUT2D eigenvalue weighted by atomic mass is 10.1. The van der Waals surface area contributed by atoms with Crippen LogP contribution < -0.4 is 15.5 Å². The average Bonchev–Trinajstić information content (AvgIpc) is 2.63. The maximum atomic E-state index is 12.9. The van der Waals surface area contributed by atoms with E-state index in [1.165, 1.54) is 0 Å². The number of amides is 1. The third-order valence-corrected chi connectivity index (χ3v) is 4.73. The first-order chi connectivity index (χ1) is 12.5. The predicted molar refractivity (Wildman–Crippen MR) is 101 cm³/mol. The highest BCUT2D eigenvalue weighted by Crippen LogP contribution is 2.28. The molecular weight excluding hydrogens is 352 g/mol. The van der Waals surface area contributed by atoms with Crippen LogP contribution in [-0.4, -0.2) is 17.1 Å². The van der Waals surface area contributed by atoms with E-state index in [0.29, 0.717) is 35.9 Å². The molecule has 0 spiro atoms. The van der Waals surface area contributed by atoms with Gasteiger partial charge in [-0.3, -0.25) is 9.59 Å². The van der Waals surface area contributed by atoms with Crippen molar-refractivity contribution < 1.29 is 9.53 Å². The van der Waals surface area contributed by atoms with Gasteiger partial charge in [-0.25, -0.2) is 0 Å². The first kappa shape index (κ1) is 16.7. The zero-order valence-corrected chi connectivity index (χ0v) is 15.0. The minimum Gasteiger partial charge on any atom is -0.490 e. The van der Waals surface area contributed by atoms with Crippen LogP contribution in [0, 0.1) is 6.92 Å². The van der Waals surface area contributed by atoms with Crippen LogP contribution in [-0.2, 0) is 13.1 Å². The number of benzene rings is 2. The van der Waals surface area contributed by atoms with Crippen LogP contribution in [0.3, 0.4) is 0 Å². The number of aromatic nitrogens is 1. The lowest BCUT2D eigenvalue weighted by molar-refractivity contribution is 0.0949. The summed E-state index contributed by atoms with van der Waals surface area (Å²) in [4.78, 5) is 25.5. The van der Waals surface area contributed by atoms with E-state index in [1.54, 1.807) is 18.3 Å². The molecule has 0 saturated heterocycles. The molecule has 6 heteroatoms. The fourth-order valence-electron chi connectivity index (χ4n) is 3.22. The van der Waals surface area contributed by atoms with Gasteiger partial charge >= 0.3 is 0 Å². The maximum absolute atomic E-state index is 12.9. The van der Waals surface area contributed by atoms with Crippen LogP contribution in [0.4, 0.5) is 0 Å². The van der Waals surface area contributed by atoms with E-state index in [2.05, 4.69) is 5.32 Å². The number of rotatable bonds is 3. The normalized spacial score (nSPS) is 12.7. The second-order valence-electron chi connectivity index (χ2n) is 6.38. The van der Waals surface area contributed by atoms with Crippen molar-refractivity contribution in [2.24, 2.45) is 0 Å². The summed E-state index contributed by atoms with van der Waals surface area (Å²) in [6, 6.07) is 10.9. The van der Waals surface area contributed by atoms with Crippen molar-refractivity contribution >= 4 is 28.4 Å². The van der Waals surface area contributed by atoms with Crippen LogP contribution in [0.15, 0.2) is 47.4 Å². The topological polar surface area (TPSA) is 60.3 Å². The number of hydrogen-bond donors (Lipinski definition) is 1. The Balaban J connectivity index is 1.70. The molecule has 0 atom stereocenters. The Bertz CT molecular complexity index is 1070. The van der Waals surface area contributed by atoms with Gasteiger partial charge in [-0.15, -0.1) is 0 Å². The van der Waals surface area contributed by atoms with E-state index < -0.39 is 0 Å². The monoisotopic (exact) mass is 368 g/mol. The largest absolute Gasteiger partial charge is 0.490 e. The summed E-state index contributed by atoms with van der Waals surface area (Å²) in [6.45, 7) is 3.35. The third kappa shape index (κ3) is 2.95. The molecule has 1 N–H and O–H groups in total. The van der Waals surface area contributed by atoms with Gasteiger partial charge < -0.3 is 14.6 Å². The Labute approximate surface area is 155 Å². The van der Waals surface area contributed by atoms with Gasteiger partial charge in [-0.1, -0.05) is 23.7 Å².